The molecule has 0 bridgehead atoms. The summed E-state index contributed by atoms with van der Waals surface area (Å²) in [6, 6.07) is 8.77. The van der Waals surface area contributed by atoms with Gasteiger partial charge in [-0.1, -0.05) is 42.5 Å². The van der Waals surface area contributed by atoms with Crippen LogP contribution in [0.2, 0.25) is 0 Å². The van der Waals surface area contributed by atoms with Crippen molar-refractivity contribution in [3.63, 3.8) is 0 Å². The Balaban J connectivity index is 2.13. The molecule has 6 nitrogen and oxygen atoms in total. The molecule has 1 saturated heterocycles. The second-order valence-corrected chi connectivity index (χ2v) is 7.44. The molecule has 0 spiro atoms. The van der Waals surface area contributed by atoms with Gasteiger partial charge in [0.15, 0.2) is 0 Å². The van der Waals surface area contributed by atoms with E-state index < -0.39 is 35.5 Å². The van der Waals surface area contributed by atoms with E-state index in [1.54, 1.807) is 27.7 Å². The number of ether oxygens (including phenoxy) is 2. The second-order valence-electron chi connectivity index (χ2n) is 7.44. The summed E-state index contributed by atoms with van der Waals surface area (Å²) in [5, 5.41) is 0. The highest BCUT2D eigenvalue weighted by atomic mass is 16.6. The maximum Gasteiger partial charge on any atom is 0.417 e. The first kappa shape index (κ1) is 20.7. The lowest BCUT2D eigenvalue weighted by molar-refractivity contribution is -0.151. The first-order valence-electron chi connectivity index (χ1n) is 9.17. The molecular formula is C21H27NO5. The van der Waals surface area contributed by atoms with Gasteiger partial charge in [-0.25, -0.2) is 14.5 Å². The maximum atomic E-state index is 12.8. The quantitative estimate of drug-likeness (QED) is 0.734. The van der Waals surface area contributed by atoms with Crippen LogP contribution < -0.4 is 0 Å². The number of amides is 2. The summed E-state index contributed by atoms with van der Waals surface area (Å²) in [6.07, 6.45) is 3.67. The largest absolute Gasteiger partial charge is 0.464 e. The van der Waals surface area contributed by atoms with Crippen LogP contribution >= 0.6 is 0 Å². The molecular weight excluding hydrogens is 346 g/mol. The minimum absolute atomic E-state index is 0.185. The Bertz CT molecular complexity index is 705. The number of carbonyl (C=O) groups excluding carboxylic acids is 3. The number of esters is 1. The highest BCUT2D eigenvalue weighted by molar-refractivity contribution is 6.00. The Labute approximate surface area is 160 Å². The van der Waals surface area contributed by atoms with E-state index in [4.69, 9.17) is 9.47 Å². The number of hydrogen-bond donors (Lipinski definition) is 0. The van der Waals surface area contributed by atoms with Crippen LogP contribution in [0.1, 0.15) is 46.1 Å². The normalized spacial score (nSPS) is 20.1. The van der Waals surface area contributed by atoms with Crippen LogP contribution in [0.25, 0.3) is 6.08 Å². The van der Waals surface area contributed by atoms with Gasteiger partial charge in [0, 0.05) is 5.92 Å². The van der Waals surface area contributed by atoms with Gasteiger partial charge in [-0.05, 0) is 46.1 Å². The van der Waals surface area contributed by atoms with Gasteiger partial charge >= 0.3 is 12.1 Å². The lowest BCUT2D eigenvalue weighted by Crippen LogP contribution is -2.46. The fourth-order valence-corrected chi connectivity index (χ4v) is 2.92. The molecule has 0 aliphatic carbocycles. The van der Waals surface area contributed by atoms with Crippen molar-refractivity contribution in [1.29, 1.82) is 0 Å². The van der Waals surface area contributed by atoms with Crippen molar-refractivity contribution in [3.05, 3.63) is 42.0 Å². The summed E-state index contributed by atoms with van der Waals surface area (Å²) >= 11 is 0. The van der Waals surface area contributed by atoms with E-state index in [-0.39, 0.29) is 13.0 Å². The third-order valence-corrected chi connectivity index (χ3v) is 4.09. The Kier molecular flexibility index (Phi) is 6.77. The minimum atomic E-state index is -0.942. The zero-order valence-electron chi connectivity index (χ0n) is 16.3. The number of nitrogens with zero attached hydrogens (tertiary/aromatic N) is 1. The molecule has 27 heavy (non-hydrogen) atoms. The van der Waals surface area contributed by atoms with Gasteiger partial charge in [-0.15, -0.1) is 0 Å². The van der Waals surface area contributed by atoms with E-state index in [9.17, 15) is 14.4 Å². The summed E-state index contributed by atoms with van der Waals surface area (Å²) in [5.41, 5.74) is 0.260. The summed E-state index contributed by atoms with van der Waals surface area (Å²) in [4.78, 5) is 38.5. The molecule has 1 aromatic carbocycles. The predicted molar refractivity (Wildman–Crippen MR) is 102 cm³/mol. The Morgan fingerprint density at radius 2 is 1.89 bits per heavy atom. The average molecular weight is 373 g/mol. The van der Waals surface area contributed by atoms with Crippen LogP contribution in [-0.2, 0) is 19.1 Å². The fraction of sp³-hybridized carbons (Fsp3) is 0.476. The molecule has 0 radical (unpaired) electrons. The molecule has 0 unspecified atom stereocenters. The molecule has 1 fully saturated rings. The van der Waals surface area contributed by atoms with Crippen molar-refractivity contribution < 1.29 is 23.9 Å². The minimum Gasteiger partial charge on any atom is -0.464 e. The van der Waals surface area contributed by atoms with E-state index in [1.165, 1.54) is 0 Å². The molecule has 1 heterocycles. The van der Waals surface area contributed by atoms with Gasteiger partial charge in [-0.3, -0.25) is 4.79 Å². The van der Waals surface area contributed by atoms with Crippen LogP contribution in [0, 0.1) is 5.92 Å². The monoisotopic (exact) mass is 373 g/mol. The highest BCUT2D eigenvalue weighted by Crippen LogP contribution is 2.30. The maximum absolute atomic E-state index is 12.8. The van der Waals surface area contributed by atoms with Gasteiger partial charge in [0.05, 0.1) is 6.61 Å². The van der Waals surface area contributed by atoms with Gasteiger partial charge in [-0.2, -0.15) is 0 Å². The molecule has 0 aromatic heterocycles. The molecule has 2 amide bonds. The first-order chi connectivity index (χ1) is 12.7. The van der Waals surface area contributed by atoms with Gasteiger partial charge < -0.3 is 9.47 Å². The average Bonchev–Trinajstić information content (AvgIpc) is 2.91. The number of benzene rings is 1. The number of rotatable bonds is 5. The molecule has 1 aliphatic heterocycles. The summed E-state index contributed by atoms with van der Waals surface area (Å²) in [7, 11) is 0. The van der Waals surface area contributed by atoms with Gasteiger partial charge in [0.25, 0.3) is 0 Å². The van der Waals surface area contributed by atoms with Crippen LogP contribution in [0.3, 0.4) is 0 Å². The number of imide groups is 1. The van der Waals surface area contributed by atoms with Gasteiger partial charge in [0.2, 0.25) is 5.91 Å². The Morgan fingerprint density at radius 1 is 1.22 bits per heavy atom. The van der Waals surface area contributed by atoms with Crippen LogP contribution in [-0.4, -0.2) is 41.1 Å². The highest BCUT2D eigenvalue weighted by Gasteiger charge is 2.48. The smallest absolute Gasteiger partial charge is 0.417 e. The van der Waals surface area contributed by atoms with E-state index >= 15 is 0 Å². The van der Waals surface area contributed by atoms with Crippen molar-refractivity contribution >= 4 is 24.0 Å². The lowest BCUT2D eigenvalue weighted by Gasteiger charge is -2.26. The summed E-state index contributed by atoms with van der Waals surface area (Å²) in [5.74, 6) is -1.45. The second kappa shape index (κ2) is 8.84. The van der Waals surface area contributed by atoms with Crippen LogP contribution in [0.15, 0.2) is 36.4 Å². The van der Waals surface area contributed by atoms with Crippen molar-refractivity contribution in [2.24, 2.45) is 5.92 Å². The molecule has 146 valence electrons. The van der Waals surface area contributed by atoms with Crippen molar-refractivity contribution in [3.8, 4) is 0 Å². The summed E-state index contributed by atoms with van der Waals surface area (Å²) < 4.78 is 10.4. The number of hydrogen-bond acceptors (Lipinski definition) is 5. The van der Waals surface area contributed by atoms with Crippen molar-refractivity contribution in [1.82, 2.24) is 4.90 Å². The Morgan fingerprint density at radius 3 is 2.48 bits per heavy atom. The van der Waals surface area contributed by atoms with Crippen LogP contribution in [0.5, 0.6) is 0 Å². The molecule has 1 aromatic rings. The zero-order chi connectivity index (χ0) is 20.0. The van der Waals surface area contributed by atoms with E-state index in [1.807, 2.05) is 42.5 Å². The standard InChI is InChI=1S/C21H27NO5/c1-5-26-19(24)17-14-16(13-9-12-15-10-7-6-8-11-15)18(23)22(17)20(25)27-21(2,3)4/h6-12,16-17H,5,13-14H2,1-4H3/b12-9+/t16-,17+/m0/s1. The van der Waals surface area contributed by atoms with Crippen LogP contribution in [0.4, 0.5) is 4.79 Å². The first-order valence-corrected chi connectivity index (χ1v) is 9.17. The molecule has 6 heteroatoms. The number of carbonyl (C=O) groups is 3. The SMILES string of the molecule is CCOC(=O)[C@H]1C[C@H](C/C=C/c2ccccc2)C(=O)N1C(=O)OC(C)(C)C. The van der Waals surface area contributed by atoms with E-state index in [0.717, 1.165) is 10.5 Å². The molecule has 2 atom stereocenters. The van der Waals surface area contributed by atoms with Gasteiger partial charge in [0.1, 0.15) is 11.6 Å². The van der Waals surface area contributed by atoms with E-state index in [0.29, 0.717) is 6.42 Å². The Hall–Kier alpha value is -2.63. The van der Waals surface area contributed by atoms with Crippen molar-refractivity contribution in [2.75, 3.05) is 6.61 Å². The molecule has 2 rings (SSSR count). The van der Waals surface area contributed by atoms with Crippen molar-refractivity contribution in [2.45, 2.75) is 52.2 Å². The summed E-state index contributed by atoms with van der Waals surface area (Å²) in [6.45, 7) is 7.01. The molecule has 0 saturated carbocycles. The third-order valence-electron chi connectivity index (χ3n) is 4.09. The van der Waals surface area contributed by atoms with E-state index in [2.05, 4.69) is 0 Å². The molecule has 1 aliphatic rings. The zero-order valence-corrected chi connectivity index (χ0v) is 16.3. The number of likely N-dealkylation sites (tertiary alicyclic amines) is 1. The predicted octanol–water partition coefficient (Wildman–Crippen LogP) is 3.81. The number of allylic oxidation sites excluding steroid dienone is 1. The molecule has 0 N–H and O–H groups in total. The lowest BCUT2D eigenvalue weighted by atomic mass is 10.0. The third kappa shape index (κ3) is 5.67. The fourth-order valence-electron chi connectivity index (χ4n) is 2.92. The topological polar surface area (TPSA) is 72.9 Å².